The van der Waals surface area contributed by atoms with Crippen molar-refractivity contribution in [3.8, 4) is 17.8 Å². The third kappa shape index (κ3) is 5.42. The topological polar surface area (TPSA) is 106 Å². The number of aromatic hydroxyl groups is 1. The van der Waals surface area contributed by atoms with Crippen LogP contribution in [0.5, 0.6) is 11.8 Å². The number of hydrogen-bond acceptors (Lipinski definition) is 8. The minimum Gasteiger partial charge on any atom is -0.508 e. The lowest BCUT2D eigenvalue weighted by Crippen LogP contribution is -2.55. The number of likely N-dealkylation sites (N-methyl/N-ethyl adjacent to an activating group) is 1. The molecular weight excluding hydrogens is 554 g/mol. The molecule has 1 aromatic carbocycles. The van der Waals surface area contributed by atoms with Crippen molar-refractivity contribution in [3.05, 3.63) is 53.2 Å². The highest BCUT2D eigenvalue weighted by atomic mass is 19.1. The number of rotatable bonds is 7. The molecule has 1 saturated carbocycles. The van der Waals surface area contributed by atoms with Gasteiger partial charge in [0, 0.05) is 48.6 Å². The van der Waals surface area contributed by atoms with Crippen molar-refractivity contribution >= 4 is 11.7 Å². The summed E-state index contributed by atoms with van der Waals surface area (Å²) in [5, 5.41) is 20.4. The van der Waals surface area contributed by atoms with Crippen LogP contribution in [0.15, 0.2) is 30.6 Å². The second-order valence-electron chi connectivity index (χ2n) is 12.5. The van der Waals surface area contributed by atoms with Crippen molar-refractivity contribution in [1.29, 1.82) is 5.26 Å². The van der Waals surface area contributed by atoms with Gasteiger partial charge in [-0.05, 0) is 70.2 Å². The number of carbonyl (C=O) groups excluding carboxylic acids is 1. The number of amides is 1. The van der Waals surface area contributed by atoms with E-state index in [2.05, 4.69) is 29.5 Å². The Labute approximate surface area is 250 Å². The molecule has 2 atom stereocenters. The van der Waals surface area contributed by atoms with E-state index in [1.165, 1.54) is 17.0 Å². The van der Waals surface area contributed by atoms with E-state index >= 15 is 4.39 Å². The van der Waals surface area contributed by atoms with E-state index in [4.69, 9.17) is 14.7 Å². The fourth-order valence-electron chi connectivity index (χ4n) is 7.78. The Morgan fingerprint density at radius 3 is 2.67 bits per heavy atom. The van der Waals surface area contributed by atoms with Crippen molar-refractivity contribution in [2.75, 3.05) is 44.7 Å². The normalized spacial score (nSPS) is 27.0. The molecule has 1 amide bonds. The van der Waals surface area contributed by atoms with Gasteiger partial charge in [-0.3, -0.25) is 4.79 Å². The number of halogens is 2. The van der Waals surface area contributed by atoms with E-state index in [-0.39, 0.29) is 36.7 Å². The molecular formula is C32H38F2N6O3. The average Bonchev–Trinajstić information content (AvgIpc) is 3.24. The number of nitriles is 1. The van der Waals surface area contributed by atoms with E-state index in [9.17, 15) is 19.6 Å². The van der Waals surface area contributed by atoms with Gasteiger partial charge in [0.1, 0.15) is 24.0 Å². The average molecular weight is 593 g/mol. The number of carbonyl (C=O) groups is 1. The molecule has 7 rings (SSSR count). The van der Waals surface area contributed by atoms with Crippen LogP contribution < -0.4 is 9.64 Å². The summed E-state index contributed by atoms with van der Waals surface area (Å²) in [5.41, 5.74) is 1.52. The van der Waals surface area contributed by atoms with E-state index in [1.54, 1.807) is 6.07 Å². The van der Waals surface area contributed by atoms with Crippen LogP contribution >= 0.6 is 0 Å². The van der Waals surface area contributed by atoms with Gasteiger partial charge < -0.3 is 24.5 Å². The fourth-order valence-corrected chi connectivity index (χ4v) is 7.78. The second kappa shape index (κ2) is 11.7. The summed E-state index contributed by atoms with van der Waals surface area (Å²) >= 11 is 0. The number of anilines is 1. The molecule has 228 valence electrons. The maximum absolute atomic E-state index is 15.3. The van der Waals surface area contributed by atoms with Crippen molar-refractivity contribution in [2.45, 2.75) is 74.8 Å². The smallest absolute Gasteiger partial charge is 0.318 e. The molecule has 1 aromatic heterocycles. The predicted molar refractivity (Wildman–Crippen MR) is 156 cm³/mol. The Kier molecular flexibility index (Phi) is 7.98. The van der Waals surface area contributed by atoms with E-state index in [0.717, 1.165) is 43.5 Å². The van der Waals surface area contributed by atoms with Gasteiger partial charge in [0.15, 0.2) is 5.83 Å². The zero-order valence-electron chi connectivity index (χ0n) is 24.6. The number of likely N-dealkylation sites (tertiary alicyclic amines) is 1. The molecule has 2 bridgehead atoms. The molecule has 0 radical (unpaired) electrons. The summed E-state index contributed by atoms with van der Waals surface area (Å²) in [7, 11) is 2.08. The SMILES string of the molecule is C=C(F)C(=O)N1CCN(c2nc(OC[C@@H]3CCCN3C)nc3c2C2CCC(c4c(O)cccc4F)(CC2)C3)C[C@@H]1CC#N. The number of phenols is 1. The first-order valence-corrected chi connectivity index (χ1v) is 15.2. The molecule has 3 fully saturated rings. The number of phenolic OH excluding ortho intramolecular Hbond substituents is 1. The molecule has 1 N–H and O–H groups in total. The largest absolute Gasteiger partial charge is 0.508 e. The van der Waals surface area contributed by atoms with Crippen molar-refractivity contribution in [2.24, 2.45) is 0 Å². The highest BCUT2D eigenvalue weighted by Gasteiger charge is 2.47. The van der Waals surface area contributed by atoms with Crippen LogP contribution in [0.1, 0.15) is 67.7 Å². The van der Waals surface area contributed by atoms with E-state index in [1.807, 2.05) is 0 Å². The first kappa shape index (κ1) is 29.3. The van der Waals surface area contributed by atoms with Crippen molar-refractivity contribution in [1.82, 2.24) is 19.8 Å². The zero-order chi connectivity index (χ0) is 30.3. The minimum atomic E-state index is -1.04. The maximum Gasteiger partial charge on any atom is 0.318 e. The van der Waals surface area contributed by atoms with E-state index in [0.29, 0.717) is 50.3 Å². The number of hydrogen-bond donors (Lipinski definition) is 1. The van der Waals surface area contributed by atoms with Gasteiger partial charge in [-0.25, -0.2) is 8.78 Å². The number of nitrogens with zero attached hydrogens (tertiary/aromatic N) is 6. The van der Waals surface area contributed by atoms with Gasteiger partial charge in [0.25, 0.3) is 5.91 Å². The van der Waals surface area contributed by atoms with Gasteiger partial charge in [0.05, 0.1) is 24.2 Å². The number of aromatic nitrogens is 2. The molecule has 0 spiro atoms. The van der Waals surface area contributed by atoms with Crippen LogP contribution in [0, 0.1) is 17.1 Å². The van der Waals surface area contributed by atoms with Crippen molar-refractivity contribution < 1.29 is 23.4 Å². The Hall–Kier alpha value is -3.78. The van der Waals surface area contributed by atoms with Crippen LogP contribution in [-0.2, 0) is 16.6 Å². The first-order valence-electron chi connectivity index (χ1n) is 15.2. The van der Waals surface area contributed by atoms with E-state index < -0.39 is 29.0 Å². The van der Waals surface area contributed by atoms with Crippen molar-refractivity contribution in [3.63, 3.8) is 0 Å². The van der Waals surface area contributed by atoms with Crippen LogP contribution in [0.2, 0.25) is 0 Å². The highest BCUT2D eigenvalue weighted by Crippen LogP contribution is 2.55. The van der Waals surface area contributed by atoms with Crippen LogP contribution in [0.4, 0.5) is 14.6 Å². The summed E-state index contributed by atoms with van der Waals surface area (Å²) in [6.07, 6.45) is 5.57. The second-order valence-corrected chi connectivity index (χ2v) is 12.5. The predicted octanol–water partition coefficient (Wildman–Crippen LogP) is 4.36. The summed E-state index contributed by atoms with van der Waals surface area (Å²) in [4.78, 5) is 28.2. The molecule has 11 heteroatoms. The number of piperazine rings is 1. The quantitative estimate of drug-likeness (QED) is 0.473. The number of ether oxygens (including phenoxy) is 1. The minimum absolute atomic E-state index is 0.0356. The molecule has 2 aliphatic heterocycles. The molecule has 3 heterocycles. The van der Waals surface area contributed by atoms with Crippen LogP contribution in [-0.4, -0.2) is 82.7 Å². The first-order chi connectivity index (χ1) is 20.7. The maximum atomic E-state index is 15.3. The zero-order valence-corrected chi connectivity index (χ0v) is 24.6. The molecule has 0 unspecified atom stereocenters. The summed E-state index contributed by atoms with van der Waals surface area (Å²) in [6.45, 7) is 5.52. The number of fused-ring (bicyclic) bond motifs is 2. The van der Waals surface area contributed by atoms with Gasteiger partial charge in [-0.15, -0.1) is 0 Å². The van der Waals surface area contributed by atoms with Gasteiger partial charge in [-0.1, -0.05) is 12.6 Å². The summed E-state index contributed by atoms with van der Waals surface area (Å²) in [6, 6.07) is 6.58. The Morgan fingerprint density at radius 1 is 1.21 bits per heavy atom. The Balaban J connectivity index is 1.40. The molecule has 5 aliphatic rings. The molecule has 3 aliphatic carbocycles. The summed E-state index contributed by atoms with van der Waals surface area (Å²) in [5.74, 6) is -1.45. The standard InChI is InChI=1S/C32H38F2N6O3/c1-20(33)30(42)40-16-15-39(18-22(40)10-13-35)29-27-21-8-11-32(12-9-21,28-24(34)6-3-7-26(28)41)17-25(27)36-31(37-29)43-19-23-5-4-14-38(23)2/h3,6-7,21-23,41H,1,4-5,8-12,14-19H2,2H3/t21?,22-,23-,32?/m0/s1. The third-order valence-electron chi connectivity index (χ3n) is 10.0. The lowest BCUT2D eigenvalue weighted by atomic mass is 9.66. The van der Waals surface area contributed by atoms with Crippen LogP contribution in [0.3, 0.4) is 0 Å². The molecule has 2 saturated heterocycles. The lowest BCUT2D eigenvalue weighted by molar-refractivity contribution is -0.131. The van der Waals surface area contributed by atoms with Gasteiger partial charge in [-0.2, -0.15) is 15.2 Å². The summed E-state index contributed by atoms with van der Waals surface area (Å²) < 4.78 is 35.4. The molecule has 43 heavy (non-hydrogen) atoms. The third-order valence-corrected chi connectivity index (χ3v) is 10.0. The Morgan fingerprint density at radius 2 is 2.00 bits per heavy atom. The van der Waals surface area contributed by atoms with Gasteiger partial charge in [0.2, 0.25) is 0 Å². The number of benzene rings is 1. The van der Waals surface area contributed by atoms with Crippen LogP contribution in [0.25, 0.3) is 0 Å². The lowest BCUT2D eigenvalue weighted by Gasteiger charge is -2.42. The highest BCUT2D eigenvalue weighted by molar-refractivity contribution is 5.91. The van der Waals surface area contributed by atoms with Gasteiger partial charge >= 0.3 is 6.01 Å². The molecule has 9 nitrogen and oxygen atoms in total. The Bertz CT molecular complexity index is 1430. The monoisotopic (exact) mass is 592 g/mol. The fraction of sp³-hybridized carbons (Fsp3) is 0.562. The molecule has 2 aromatic rings.